The van der Waals surface area contributed by atoms with Gasteiger partial charge in [0.25, 0.3) is 0 Å². The van der Waals surface area contributed by atoms with Crippen LogP contribution in [0.15, 0.2) is 24.8 Å². The van der Waals surface area contributed by atoms with E-state index in [4.69, 9.17) is 0 Å². The molecule has 1 aliphatic rings. The summed E-state index contributed by atoms with van der Waals surface area (Å²) in [5, 5.41) is 0. The second-order valence-electron chi connectivity index (χ2n) is 4.59. The van der Waals surface area contributed by atoms with Crippen LogP contribution in [0.5, 0.6) is 0 Å². The van der Waals surface area contributed by atoms with Crippen LogP contribution >= 0.6 is 0 Å². The second-order valence-corrected chi connectivity index (χ2v) is 4.59. The fourth-order valence-electron chi connectivity index (χ4n) is 2.04. The molecule has 0 aliphatic heterocycles. The summed E-state index contributed by atoms with van der Waals surface area (Å²) in [6.45, 7) is 6.12. The van der Waals surface area contributed by atoms with Crippen molar-refractivity contribution < 1.29 is 0 Å². The average Bonchev–Trinajstić information content (AvgIpc) is 3.09. The summed E-state index contributed by atoms with van der Waals surface area (Å²) in [5.41, 5.74) is 4.33. The topological polar surface area (TPSA) is 0 Å². The van der Waals surface area contributed by atoms with Crippen molar-refractivity contribution in [2.75, 3.05) is 0 Å². The maximum atomic E-state index is 3.87. The van der Waals surface area contributed by atoms with Crippen molar-refractivity contribution >= 4 is 6.08 Å². The fourth-order valence-corrected chi connectivity index (χ4v) is 2.04. The summed E-state index contributed by atoms with van der Waals surface area (Å²) in [7, 11) is 0. The summed E-state index contributed by atoms with van der Waals surface area (Å²) < 4.78 is 0. The predicted octanol–water partition coefficient (Wildman–Crippen LogP) is 4.55. The molecule has 0 nitrogen and oxygen atoms in total. The zero-order chi connectivity index (χ0) is 10.7. The third-order valence-electron chi connectivity index (χ3n) is 3.14. The van der Waals surface area contributed by atoms with Crippen LogP contribution in [0, 0.1) is 0 Å². The summed E-state index contributed by atoms with van der Waals surface area (Å²) in [4.78, 5) is 0. The first-order valence-corrected chi connectivity index (χ1v) is 6.09. The van der Waals surface area contributed by atoms with E-state index in [1.165, 1.54) is 43.2 Å². The number of hydrogen-bond acceptors (Lipinski definition) is 0. The minimum Gasteiger partial charge on any atom is -0.0985 e. The average molecular weight is 200 g/mol. The first-order chi connectivity index (χ1) is 7.33. The number of unbranched alkanes of at least 4 members (excludes halogenated alkanes) is 1. The van der Waals surface area contributed by atoms with Crippen LogP contribution in [0.3, 0.4) is 0 Å². The van der Waals surface area contributed by atoms with Gasteiger partial charge in [-0.3, -0.25) is 0 Å². The molecule has 0 saturated heterocycles. The lowest BCUT2D eigenvalue weighted by Crippen LogP contribution is -1.90. The van der Waals surface area contributed by atoms with E-state index >= 15 is 0 Å². The van der Waals surface area contributed by atoms with Gasteiger partial charge in [0.1, 0.15) is 0 Å². The lowest BCUT2D eigenvalue weighted by molar-refractivity contribution is 0.793. The molecule has 0 aromatic heterocycles. The van der Waals surface area contributed by atoms with Crippen LogP contribution in [0.1, 0.15) is 55.2 Å². The van der Waals surface area contributed by atoms with Gasteiger partial charge in [-0.25, -0.2) is 0 Å². The van der Waals surface area contributed by atoms with Gasteiger partial charge >= 0.3 is 0 Å². The Hall–Kier alpha value is -1.04. The molecule has 0 N–H and O–H groups in total. The van der Waals surface area contributed by atoms with Gasteiger partial charge in [0.15, 0.2) is 0 Å². The fraction of sp³-hybridized carbons (Fsp3) is 0.467. The van der Waals surface area contributed by atoms with Gasteiger partial charge in [-0.1, -0.05) is 44.2 Å². The van der Waals surface area contributed by atoms with Gasteiger partial charge in [-0.05, 0) is 48.3 Å². The first-order valence-electron chi connectivity index (χ1n) is 6.09. The molecular weight excluding hydrogens is 180 g/mol. The molecule has 2 rings (SSSR count). The van der Waals surface area contributed by atoms with Crippen LogP contribution in [0.2, 0.25) is 0 Å². The van der Waals surface area contributed by atoms with Crippen molar-refractivity contribution in [1.29, 1.82) is 0 Å². The predicted molar refractivity (Wildman–Crippen MR) is 67.1 cm³/mol. The van der Waals surface area contributed by atoms with Crippen molar-refractivity contribution in [2.24, 2.45) is 0 Å². The SMILES string of the molecule is C=Cc1cc(CCCC)cc(C2CC2)c1. The third kappa shape index (κ3) is 2.71. The molecule has 80 valence electrons. The number of hydrogen-bond donors (Lipinski definition) is 0. The maximum absolute atomic E-state index is 3.87. The minimum absolute atomic E-state index is 0.852. The van der Waals surface area contributed by atoms with Crippen molar-refractivity contribution in [3.8, 4) is 0 Å². The van der Waals surface area contributed by atoms with Crippen LogP contribution in [0.4, 0.5) is 0 Å². The smallest absolute Gasteiger partial charge is 0.0161 e. The Morgan fingerprint density at radius 3 is 2.73 bits per heavy atom. The molecule has 1 fully saturated rings. The molecule has 0 bridgehead atoms. The Labute approximate surface area is 93.0 Å². The molecule has 0 spiro atoms. The molecule has 0 heterocycles. The van der Waals surface area contributed by atoms with Crippen LogP contribution in [-0.4, -0.2) is 0 Å². The molecule has 1 aromatic carbocycles. The van der Waals surface area contributed by atoms with Gasteiger partial charge < -0.3 is 0 Å². The van der Waals surface area contributed by atoms with E-state index in [-0.39, 0.29) is 0 Å². The Kier molecular flexibility index (Phi) is 3.25. The van der Waals surface area contributed by atoms with E-state index in [1.54, 1.807) is 5.56 Å². The molecule has 0 amide bonds. The van der Waals surface area contributed by atoms with E-state index < -0.39 is 0 Å². The molecule has 0 atom stereocenters. The number of aryl methyl sites for hydroxylation is 1. The molecule has 1 aliphatic carbocycles. The van der Waals surface area contributed by atoms with Crippen LogP contribution < -0.4 is 0 Å². The summed E-state index contributed by atoms with van der Waals surface area (Å²) in [5.74, 6) is 0.852. The quantitative estimate of drug-likeness (QED) is 0.654. The normalized spacial score (nSPS) is 15.3. The van der Waals surface area contributed by atoms with Gasteiger partial charge in [-0.2, -0.15) is 0 Å². The van der Waals surface area contributed by atoms with Gasteiger partial charge in [0.2, 0.25) is 0 Å². The van der Waals surface area contributed by atoms with Gasteiger partial charge in [0, 0.05) is 0 Å². The van der Waals surface area contributed by atoms with E-state index in [1.807, 2.05) is 6.08 Å². The van der Waals surface area contributed by atoms with Gasteiger partial charge in [-0.15, -0.1) is 0 Å². The van der Waals surface area contributed by atoms with E-state index in [0.29, 0.717) is 0 Å². The maximum Gasteiger partial charge on any atom is -0.0161 e. The summed E-state index contributed by atoms with van der Waals surface area (Å²) >= 11 is 0. The molecule has 0 unspecified atom stereocenters. The van der Waals surface area contributed by atoms with Crippen LogP contribution in [-0.2, 0) is 6.42 Å². The monoisotopic (exact) mass is 200 g/mol. The number of benzene rings is 1. The summed E-state index contributed by atoms with van der Waals surface area (Å²) in [6.07, 6.45) is 8.53. The highest BCUT2D eigenvalue weighted by molar-refractivity contribution is 5.51. The van der Waals surface area contributed by atoms with Crippen LogP contribution in [0.25, 0.3) is 6.08 Å². The standard InChI is InChI=1S/C15H20/c1-3-5-6-13-9-12(4-2)10-15(11-13)14-7-8-14/h4,9-11,14H,2-3,5-8H2,1H3. The Balaban J connectivity index is 2.20. The molecule has 0 radical (unpaired) electrons. The highest BCUT2D eigenvalue weighted by Gasteiger charge is 2.23. The Morgan fingerprint density at radius 2 is 2.13 bits per heavy atom. The van der Waals surface area contributed by atoms with E-state index in [9.17, 15) is 0 Å². The van der Waals surface area contributed by atoms with Crippen molar-refractivity contribution in [3.05, 3.63) is 41.5 Å². The lowest BCUT2D eigenvalue weighted by atomic mass is 9.99. The Morgan fingerprint density at radius 1 is 1.33 bits per heavy atom. The minimum atomic E-state index is 0.852. The highest BCUT2D eigenvalue weighted by Crippen LogP contribution is 2.40. The van der Waals surface area contributed by atoms with Crippen molar-refractivity contribution in [1.82, 2.24) is 0 Å². The Bertz CT molecular complexity index is 345. The first kappa shape index (κ1) is 10.5. The molecule has 1 aromatic rings. The molecular formula is C15H20. The highest BCUT2D eigenvalue weighted by atomic mass is 14.3. The van der Waals surface area contributed by atoms with Crippen molar-refractivity contribution in [2.45, 2.75) is 44.9 Å². The largest absolute Gasteiger partial charge is 0.0985 e. The number of rotatable bonds is 5. The molecule has 0 heteroatoms. The zero-order valence-corrected chi connectivity index (χ0v) is 9.63. The van der Waals surface area contributed by atoms with Gasteiger partial charge in [0.05, 0.1) is 0 Å². The van der Waals surface area contributed by atoms with Crippen molar-refractivity contribution in [3.63, 3.8) is 0 Å². The third-order valence-corrected chi connectivity index (χ3v) is 3.14. The zero-order valence-electron chi connectivity index (χ0n) is 9.63. The molecule has 1 saturated carbocycles. The summed E-state index contributed by atoms with van der Waals surface area (Å²) in [6, 6.07) is 7.00. The lowest BCUT2D eigenvalue weighted by Gasteiger charge is -2.06. The van der Waals surface area contributed by atoms with E-state index in [2.05, 4.69) is 31.7 Å². The molecule has 15 heavy (non-hydrogen) atoms. The van der Waals surface area contributed by atoms with E-state index in [0.717, 1.165) is 5.92 Å². The second kappa shape index (κ2) is 4.65.